The molecule has 5 nitrogen and oxygen atoms in total. The molecule has 1 rings (SSSR count). The summed E-state index contributed by atoms with van der Waals surface area (Å²) in [5.74, 6) is -0.678. The monoisotopic (exact) mass is 259 g/mol. The maximum atomic E-state index is 11.4. The van der Waals surface area contributed by atoms with Gasteiger partial charge in [0.05, 0.1) is 13.2 Å². The van der Waals surface area contributed by atoms with Crippen LogP contribution in [0.2, 0.25) is 0 Å². The number of hydrogen-bond donors (Lipinski definition) is 1. The van der Waals surface area contributed by atoms with Crippen LogP contribution in [0.5, 0.6) is 0 Å². The highest BCUT2D eigenvalue weighted by Gasteiger charge is 2.45. The van der Waals surface area contributed by atoms with E-state index < -0.39 is 11.5 Å². The van der Waals surface area contributed by atoms with Crippen LogP contribution in [-0.2, 0) is 14.3 Å². The summed E-state index contributed by atoms with van der Waals surface area (Å²) in [6, 6.07) is 0. The van der Waals surface area contributed by atoms with E-state index in [2.05, 4.69) is 4.90 Å². The maximum absolute atomic E-state index is 11.4. The molecule has 106 valence electrons. The van der Waals surface area contributed by atoms with Crippen molar-refractivity contribution in [2.24, 2.45) is 0 Å². The van der Waals surface area contributed by atoms with Crippen molar-refractivity contribution >= 4 is 5.97 Å². The Morgan fingerprint density at radius 2 is 2.17 bits per heavy atom. The molecule has 0 aromatic carbocycles. The predicted molar refractivity (Wildman–Crippen MR) is 68.8 cm³/mol. The van der Waals surface area contributed by atoms with Gasteiger partial charge >= 0.3 is 5.97 Å². The number of ether oxygens (including phenoxy) is 2. The summed E-state index contributed by atoms with van der Waals surface area (Å²) in [6.07, 6.45) is 3.29. The van der Waals surface area contributed by atoms with Crippen molar-refractivity contribution in [2.45, 2.75) is 38.1 Å². The molecule has 18 heavy (non-hydrogen) atoms. The van der Waals surface area contributed by atoms with Crippen LogP contribution in [0.4, 0.5) is 0 Å². The molecule has 1 N–H and O–H groups in total. The lowest BCUT2D eigenvalue weighted by Crippen LogP contribution is -2.50. The van der Waals surface area contributed by atoms with Crippen molar-refractivity contribution in [3.63, 3.8) is 0 Å². The Labute approximate surface area is 109 Å². The molecule has 1 atom stereocenters. The average molecular weight is 259 g/mol. The molecule has 0 spiro atoms. The third kappa shape index (κ3) is 3.67. The van der Waals surface area contributed by atoms with Gasteiger partial charge in [-0.15, -0.1) is 0 Å². The standard InChI is InChI=1S/C13H25NO4/c1-3-13(12(15)16)6-4-7-14(13)8-5-9-18-11-10-17-2/h3-11H2,1-2H3,(H,15,16). The van der Waals surface area contributed by atoms with Crippen molar-refractivity contribution in [1.82, 2.24) is 4.90 Å². The number of carboxylic acid groups (broad SMARTS) is 1. The van der Waals surface area contributed by atoms with Gasteiger partial charge in [-0.25, -0.2) is 0 Å². The van der Waals surface area contributed by atoms with Gasteiger partial charge in [-0.1, -0.05) is 6.92 Å². The third-order valence-corrected chi connectivity index (χ3v) is 3.76. The van der Waals surface area contributed by atoms with Crippen molar-refractivity contribution in [1.29, 1.82) is 0 Å². The van der Waals surface area contributed by atoms with Gasteiger partial charge in [0, 0.05) is 20.3 Å². The van der Waals surface area contributed by atoms with Crippen molar-refractivity contribution in [2.75, 3.05) is 40.0 Å². The minimum atomic E-state index is -0.678. The highest BCUT2D eigenvalue weighted by molar-refractivity contribution is 5.79. The van der Waals surface area contributed by atoms with E-state index >= 15 is 0 Å². The highest BCUT2D eigenvalue weighted by Crippen LogP contribution is 2.32. The van der Waals surface area contributed by atoms with Crippen LogP contribution in [-0.4, -0.2) is 61.5 Å². The molecule has 1 heterocycles. The number of likely N-dealkylation sites (tertiary alicyclic amines) is 1. The summed E-state index contributed by atoms with van der Waals surface area (Å²) in [7, 11) is 1.65. The molecule has 0 aromatic rings. The zero-order valence-corrected chi connectivity index (χ0v) is 11.5. The van der Waals surface area contributed by atoms with E-state index in [1.54, 1.807) is 7.11 Å². The van der Waals surface area contributed by atoms with Crippen LogP contribution in [0, 0.1) is 0 Å². The van der Waals surface area contributed by atoms with E-state index in [-0.39, 0.29) is 0 Å². The molecule has 1 aliphatic heterocycles. The Morgan fingerprint density at radius 1 is 1.39 bits per heavy atom. The average Bonchev–Trinajstić information content (AvgIpc) is 2.77. The van der Waals surface area contributed by atoms with Gasteiger partial charge in [-0.2, -0.15) is 0 Å². The molecule has 1 fully saturated rings. The Balaban J connectivity index is 2.30. The molecule has 5 heteroatoms. The molecule has 0 radical (unpaired) electrons. The lowest BCUT2D eigenvalue weighted by Gasteiger charge is -2.33. The summed E-state index contributed by atoms with van der Waals surface area (Å²) in [5.41, 5.74) is -0.632. The van der Waals surface area contributed by atoms with Gasteiger partial charge in [0.15, 0.2) is 0 Å². The van der Waals surface area contributed by atoms with Crippen LogP contribution in [0.1, 0.15) is 32.6 Å². The first-order valence-corrected chi connectivity index (χ1v) is 6.72. The maximum Gasteiger partial charge on any atom is 0.324 e. The minimum Gasteiger partial charge on any atom is -0.480 e. The molecule has 0 bridgehead atoms. The first kappa shape index (κ1) is 15.4. The van der Waals surface area contributed by atoms with E-state index in [9.17, 15) is 9.90 Å². The zero-order chi connectivity index (χ0) is 13.4. The summed E-state index contributed by atoms with van der Waals surface area (Å²) < 4.78 is 10.3. The Bertz CT molecular complexity index is 259. The zero-order valence-electron chi connectivity index (χ0n) is 11.5. The fourth-order valence-electron chi connectivity index (χ4n) is 2.66. The number of carboxylic acids is 1. The number of nitrogens with zero attached hydrogens (tertiary/aromatic N) is 1. The molecule has 1 saturated heterocycles. The Hall–Kier alpha value is -0.650. The largest absolute Gasteiger partial charge is 0.480 e. The Kier molecular flexibility index (Phi) is 6.60. The quantitative estimate of drug-likeness (QED) is 0.634. The van der Waals surface area contributed by atoms with Gasteiger partial charge in [-0.05, 0) is 32.2 Å². The number of aliphatic carboxylic acids is 1. The van der Waals surface area contributed by atoms with E-state index in [0.29, 0.717) is 26.2 Å². The summed E-state index contributed by atoms with van der Waals surface area (Å²) >= 11 is 0. The topological polar surface area (TPSA) is 59.0 Å². The molecule has 1 unspecified atom stereocenters. The lowest BCUT2D eigenvalue weighted by atomic mass is 9.93. The SMILES string of the molecule is CCC1(C(=O)O)CCCN1CCCOCCOC. The molecule has 1 aliphatic rings. The molecule has 0 saturated carbocycles. The first-order chi connectivity index (χ1) is 8.67. The molecular formula is C13H25NO4. The predicted octanol–water partition coefficient (Wildman–Crippen LogP) is 1.37. The van der Waals surface area contributed by atoms with Gasteiger partial charge in [0.25, 0.3) is 0 Å². The van der Waals surface area contributed by atoms with Crippen molar-refractivity contribution < 1.29 is 19.4 Å². The molecule has 0 aliphatic carbocycles. The van der Waals surface area contributed by atoms with Crippen LogP contribution in [0.25, 0.3) is 0 Å². The van der Waals surface area contributed by atoms with Gasteiger partial charge in [0.2, 0.25) is 0 Å². The number of rotatable bonds is 9. The van der Waals surface area contributed by atoms with Crippen molar-refractivity contribution in [3.8, 4) is 0 Å². The van der Waals surface area contributed by atoms with Crippen LogP contribution in [0.15, 0.2) is 0 Å². The van der Waals surface area contributed by atoms with E-state index in [1.165, 1.54) is 0 Å². The number of methoxy groups -OCH3 is 1. The van der Waals surface area contributed by atoms with E-state index in [4.69, 9.17) is 9.47 Å². The summed E-state index contributed by atoms with van der Waals surface area (Å²) in [6.45, 7) is 5.53. The number of hydrogen-bond acceptors (Lipinski definition) is 4. The van der Waals surface area contributed by atoms with Gasteiger partial charge in [-0.3, -0.25) is 9.69 Å². The second kappa shape index (κ2) is 7.71. The van der Waals surface area contributed by atoms with Crippen LogP contribution >= 0.6 is 0 Å². The highest BCUT2D eigenvalue weighted by atomic mass is 16.5. The molecule has 0 amide bonds. The van der Waals surface area contributed by atoms with Gasteiger partial charge < -0.3 is 14.6 Å². The van der Waals surface area contributed by atoms with Gasteiger partial charge in [0.1, 0.15) is 5.54 Å². The van der Waals surface area contributed by atoms with Crippen LogP contribution in [0.3, 0.4) is 0 Å². The molecular weight excluding hydrogens is 234 g/mol. The van der Waals surface area contributed by atoms with E-state index in [1.807, 2.05) is 6.92 Å². The fraction of sp³-hybridized carbons (Fsp3) is 0.923. The summed E-state index contributed by atoms with van der Waals surface area (Å²) in [5, 5.41) is 9.42. The third-order valence-electron chi connectivity index (χ3n) is 3.76. The smallest absolute Gasteiger partial charge is 0.324 e. The minimum absolute atomic E-state index is 0.606. The first-order valence-electron chi connectivity index (χ1n) is 6.72. The van der Waals surface area contributed by atoms with E-state index in [0.717, 1.165) is 32.4 Å². The molecule has 0 aromatic heterocycles. The fourth-order valence-corrected chi connectivity index (χ4v) is 2.66. The second-order valence-corrected chi connectivity index (χ2v) is 4.74. The Morgan fingerprint density at radius 3 is 2.78 bits per heavy atom. The normalized spacial score (nSPS) is 24.6. The number of carbonyl (C=O) groups is 1. The lowest BCUT2D eigenvalue weighted by molar-refractivity contribution is -0.150. The summed E-state index contributed by atoms with van der Waals surface area (Å²) in [4.78, 5) is 13.6. The van der Waals surface area contributed by atoms with Crippen molar-refractivity contribution in [3.05, 3.63) is 0 Å². The van der Waals surface area contributed by atoms with Crippen LogP contribution < -0.4 is 0 Å². The second-order valence-electron chi connectivity index (χ2n) is 4.74.